The third kappa shape index (κ3) is 2.68. The highest BCUT2D eigenvalue weighted by molar-refractivity contribution is 9.10. The van der Waals surface area contributed by atoms with Gasteiger partial charge in [-0.2, -0.15) is 0 Å². The molecule has 0 aromatic heterocycles. The Labute approximate surface area is 104 Å². The van der Waals surface area contributed by atoms with Crippen LogP contribution in [-0.4, -0.2) is 18.8 Å². The van der Waals surface area contributed by atoms with Crippen LogP contribution in [0.4, 0.5) is 11.4 Å². The molecular formula is C12H17BrN2O. The fourth-order valence-corrected chi connectivity index (χ4v) is 2.49. The van der Waals surface area contributed by atoms with Crippen molar-refractivity contribution in [2.45, 2.75) is 25.3 Å². The van der Waals surface area contributed by atoms with Gasteiger partial charge in [-0.25, -0.2) is 0 Å². The third-order valence-corrected chi connectivity index (χ3v) is 3.52. The lowest BCUT2D eigenvalue weighted by Crippen LogP contribution is -2.43. The maximum atomic E-state index is 5.71. The van der Waals surface area contributed by atoms with E-state index in [0.717, 1.165) is 41.9 Å². The molecule has 3 N–H and O–H groups in total. The summed E-state index contributed by atoms with van der Waals surface area (Å²) in [5, 5.41) is 3.53. The van der Waals surface area contributed by atoms with Crippen LogP contribution in [0.3, 0.4) is 0 Å². The van der Waals surface area contributed by atoms with Gasteiger partial charge in [-0.1, -0.05) is 0 Å². The highest BCUT2D eigenvalue weighted by Gasteiger charge is 2.27. The Kier molecular flexibility index (Phi) is 3.40. The Morgan fingerprint density at radius 2 is 2.31 bits per heavy atom. The highest BCUT2D eigenvalue weighted by Crippen LogP contribution is 2.30. The molecule has 1 aliphatic heterocycles. The summed E-state index contributed by atoms with van der Waals surface area (Å²) in [5.74, 6) is 0. The minimum atomic E-state index is 0.0247. The second kappa shape index (κ2) is 4.63. The number of nitrogens with two attached hydrogens (primary N) is 1. The van der Waals surface area contributed by atoms with Gasteiger partial charge in [-0.15, -0.1) is 0 Å². The molecule has 1 unspecified atom stereocenters. The number of anilines is 2. The van der Waals surface area contributed by atoms with Crippen LogP contribution in [0, 0.1) is 0 Å². The lowest BCUT2D eigenvalue weighted by Gasteiger charge is -2.35. The van der Waals surface area contributed by atoms with E-state index in [4.69, 9.17) is 10.5 Å². The van der Waals surface area contributed by atoms with Gasteiger partial charge in [0.2, 0.25) is 0 Å². The normalized spacial score (nSPS) is 25.4. The first-order valence-electron chi connectivity index (χ1n) is 5.50. The van der Waals surface area contributed by atoms with Crippen LogP contribution >= 0.6 is 15.9 Å². The van der Waals surface area contributed by atoms with Crippen molar-refractivity contribution in [1.82, 2.24) is 0 Å². The Morgan fingerprint density at radius 1 is 1.50 bits per heavy atom. The average molecular weight is 285 g/mol. The van der Waals surface area contributed by atoms with E-state index in [1.165, 1.54) is 0 Å². The van der Waals surface area contributed by atoms with E-state index >= 15 is 0 Å². The van der Waals surface area contributed by atoms with Crippen LogP contribution in [-0.2, 0) is 4.74 Å². The van der Waals surface area contributed by atoms with E-state index in [1.54, 1.807) is 0 Å². The smallest absolute Gasteiger partial charge is 0.0693 e. The summed E-state index contributed by atoms with van der Waals surface area (Å²) in [6, 6.07) is 5.81. The fraction of sp³-hybridized carbons (Fsp3) is 0.500. The predicted octanol–water partition coefficient (Wildman–Crippen LogP) is 3.01. The van der Waals surface area contributed by atoms with E-state index in [9.17, 15) is 0 Å². The molecule has 4 heteroatoms. The molecule has 2 rings (SSSR count). The molecule has 0 amide bonds. The zero-order chi connectivity index (χ0) is 11.6. The topological polar surface area (TPSA) is 47.3 Å². The van der Waals surface area contributed by atoms with Crippen molar-refractivity contribution in [2.75, 3.05) is 24.3 Å². The van der Waals surface area contributed by atoms with Gasteiger partial charge in [0.05, 0.1) is 12.1 Å². The molecule has 1 heterocycles. The van der Waals surface area contributed by atoms with Gasteiger partial charge in [0, 0.05) is 22.5 Å². The van der Waals surface area contributed by atoms with Gasteiger partial charge in [0.25, 0.3) is 0 Å². The van der Waals surface area contributed by atoms with Gasteiger partial charge < -0.3 is 15.8 Å². The van der Waals surface area contributed by atoms with Crippen LogP contribution in [0.1, 0.15) is 19.8 Å². The third-order valence-electron chi connectivity index (χ3n) is 2.87. The van der Waals surface area contributed by atoms with Crippen molar-refractivity contribution in [1.29, 1.82) is 0 Å². The second-order valence-corrected chi connectivity index (χ2v) is 5.44. The molecule has 0 bridgehead atoms. The Balaban J connectivity index is 2.13. The van der Waals surface area contributed by atoms with E-state index < -0.39 is 0 Å². The van der Waals surface area contributed by atoms with Crippen LogP contribution in [0.5, 0.6) is 0 Å². The summed E-state index contributed by atoms with van der Waals surface area (Å²) in [5.41, 5.74) is 7.57. The molecular weight excluding hydrogens is 268 g/mol. The fourth-order valence-electron chi connectivity index (χ4n) is 1.99. The zero-order valence-electron chi connectivity index (χ0n) is 9.42. The Hall–Kier alpha value is -0.740. The highest BCUT2D eigenvalue weighted by atomic mass is 79.9. The van der Waals surface area contributed by atoms with Crippen molar-refractivity contribution in [3.05, 3.63) is 22.7 Å². The van der Waals surface area contributed by atoms with Gasteiger partial charge in [0.1, 0.15) is 0 Å². The largest absolute Gasteiger partial charge is 0.399 e. The predicted molar refractivity (Wildman–Crippen MR) is 70.6 cm³/mol. The molecule has 0 saturated carbocycles. The van der Waals surface area contributed by atoms with E-state index in [0.29, 0.717) is 0 Å². The van der Waals surface area contributed by atoms with Crippen LogP contribution in [0.25, 0.3) is 0 Å². The summed E-state index contributed by atoms with van der Waals surface area (Å²) >= 11 is 3.51. The molecule has 1 aromatic carbocycles. The first-order chi connectivity index (χ1) is 7.59. The molecule has 0 aliphatic carbocycles. The van der Waals surface area contributed by atoms with Crippen LogP contribution < -0.4 is 11.1 Å². The molecule has 1 fully saturated rings. The molecule has 88 valence electrons. The van der Waals surface area contributed by atoms with Gasteiger partial charge >= 0.3 is 0 Å². The molecule has 16 heavy (non-hydrogen) atoms. The maximum absolute atomic E-state index is 5.71. The molecule has 0 spiro atoms. The van der Waals surface area contributed by atoms with E-state index in [-0.39, 0.29) is 5.54 Å². The number of nitrogens with one attached hydrogen (secondary N) is 1. The molecule has 1 aliphatic rings. The minimum Gasteiger partial charge on any atom is -0.399 e. The van der Waals surface area contributed by atoms with Crippen molar-refractivity contribution >= 4 is 27.3 Å². The monoisotopic (exact) mass is 284 g/mol. The number of rotatable bonds is 2. The van der Waals surface area contributed by atoms with Crippen LogP contribution in [0.15, 0.2) is 22.7 Å². The van der Waals surface area contributed by atoms with Crippen LogP contribution in [0.2, 0.25) is 0 Å². The summed E-state index contributed by atoms with van der Waals surface area (Å²) in [6.07, 6.45) is 2.24. The van der Waals surface area contributed by atoms with E-state index in [1.807, 2.05) is 18.2 Å². The number of benzene rings is 1. The van der Waals surface area contributed by atoms with Gasteiger partial charge in [-0.05, 0) is 53.9 Å². The summed E-state index contributed by atoms with van der Waals surface area (Å²) in [4.78, 5) is 0. The lowest BCUT2D eigenvalue weighted by molar-refractivity contribution is 0.0540. The molecule has 1 aromatic rings. The van der Waals surface area contributed by atoms with Gasteiger partial charge in [0.15, 0.2) is 0 Å². The Bertz CT molecular complexity index is 375. The molecule has 3 nitrogen and oxygen atoms in total. The quantitative estimate of drug-likeness (QED) is 0.821. The van der Waals surface area contributed by atoms with Crippen molar-refractivity contribution in [3.63, 3.8) is 0 Å². The summed E-state index contributed by atoms with van der Waals surface area (Å²) in [7, 11) is 0. The van der Waals surface area contributed by atoms with Gasteiger partial charge in [-0.3, -0.25) is 0 Å². The first-order valence-corrected chi connectivity index (χ1v) is 6.29. The minimum absolute atomic E-state index is 0.0247. The number of ether oxygens (including phenoxy) is 1. The molecule has 0 radical (unpaired) electrons. The van der Waals surface area contributed by atoms with Crippen molar-refractivity contribution in [3.8, 4) is 0 Å². The van der Waals surface area contributed by atoms with Crippen molar-refractivity contribution < 1.29 is 4.74 Å². The maximum Gasteiger partial charge on any atom is 0.0693 e. The summed E-state index contributed by atoms with van der Waals surface area (Å²) in [6.45, 7) is 3.82. The zero-order valence-corrected chi connectivity index (χ0v) is 11.0. The number of nitrogen functional groups attached to an aromatic ring is 1. The number of halogens is 1. The molecule has 1 atom stereocenters. The first kappa shape index (κ1) is 11.7. The Morgan fingerprint density at radius 3 is 2.94 bits per heavy atom. The standard InChI is InChI=1S/C12H17BrN2O/c1-12(5-2-6-16-8-12)15-11-4-3-9(14)7-10(11)13/h3-4,7,15H,2,5-6,8,14H2,1H3. The number of hydrogen-bond donors (Lipinski definition) is 2. The molecule has 1 saturated heterocycles. The second-order valence-electron chi connectivity index (χ2n) is 4.58. The SMILES string of the molecule is CC1(Nc2ccc(N)cc2Br)CCCOC1. The lowest BCUT2D eigenvalue weighted by atomic mass is 9.94. The van der Waals surface area contributed by atoms with Crippen molar-refractivity contribution in [2.24, 2.45) is 0 Å². The average Bonchev–Trinajstić information content (AvgIpc) is 2.23. The number of hydrogen-bond acceptors (Lipinski definition) is 3. The summed E-state index contributed by atoms with van der Waals surface area (Å²) < 4.78 is 6.52. The van der Waals surface area contributed by atoms with E-state index in [2.05, 4.69) is 28.2 Å².